The monoisotopic (exact) mass is 273 g/mol. The molecule has 0 aliphatic carbocycles. The van der Waals surface area contributed by atoms with E-state index in [4.69, 9.17) is 5.73 Å². The molecule has 0 fully saturated rings. The summed E-state index contributed by atoms with van der Waals surface area (Å²) in [7, 11) is -3.65. The second kappa shape index (κ2) is 5.21. The lowest BCUT2D eigenvalue weighted by Crippen LogP contribution is -2.42. The van der Waals surface area contributed by atoms with Crippen LogP contribution in [-0.2, 0) is 10.0 Å². The molecule has 0 aromatic carbocycles. The number of aromatic nitrogens is 1. The van der Waals surface area contributed by atoms with E-state index in [1.165, 1.54) is 22.6 Å². The molecular weight excluding hydrogens is 254 g/mol. The Hall–Kier alpha value is -1.18. The standard InChI is InChI=1S/C11H19N3O3S/c1-4-14(8-11(2,3)15)18(16,17)9-5-6-13-10(12)7-9/h5-7,15H,4,8H2,1-3H3,(H2,12,13). The molecule has 1 rings (SSSR count). The molecule has 6 nitrogen and oxygen atoms in total. The zero-order chi connectivity index (χ0) is 14.0. The van der Waals surface area contributed by atoms with Crippen LogP contribution in [0.3, 0.4) is 0 Å². The number of nitrogen functional groups attached to an aromatic ring is 1. The molecule has 0 unspecified atom stereocenters. The van der Waals surface area contributed by atoms with Gasteiger partial charge in [0.1, 0.15) is 5.82 Å². The molecule has 18 heavy (non-hydrogen) atoms. The molecule has 102 valence electrons. The molecule has 0 spiro atoms. The van der Waals surface area contributed by atoms with E-state index in [1.54, 1.807) is 20.8 Å². The summed E-state index contributed by atoms with van der Waals surface area (Å²) in [6.07, 6.45) is 1.35. The van der Waals surface area contributed by atoms with Crippen molar-refractivity contribution in [1.29, 1.82) is 0 Å². The maximum Gasteiger partial charge on any atom is 0.243 e. The molecule has 0 radical (unpaired) electrons. The van der Waals surface area contributed by atoms with Gasteiger partial charge < -0.3 is 10.8 Å². The van der Waals surface area contributed by atoms with Crippen molar-refractivity contribution in [3.63, 3.8) is 0 Å². The number of sulfonamides is 1. The molecule has 0 saturated carbocycles. The van der Waals surface area contributed by atoms with Gasteiger partial charge in [-0.2, -0.15) is 4.31 Å². The van der Waals surface area contributed by atoms with E-state index in [-0.39, 0.29) is 23.8 Å². The van der Waals surface area contributed by atoms with Crippen LogP contribution in [0.5, 0.6) is 0 Å². The summed E-state index contributed by atoms with van der Waals surface area (Å²) in [6, 6.07) is 2.70. The fourth-order valence-corrected chi connectivity index (χ4v) is 3.16. The van der Waals surface area contributed by atoms with E-state index in [9.17, 15) is 13.5 Å². The molecule has 1 aromatic rings. The van der Waals surface area contributed by atoms with Gasteiger partial charge in [-0.1, -0.05) is 6.92 Å². The van der Waals surface area contributed by atoms with Crippen molar-refractivity contribution >= 4 is 15.8 Å². The Morgan fingerprint density at radius 1 is 1.50 bits per heavy atom. The first kappa shape index (κ1) is 14.9. The minimum absolute atomic E-state index is 0.0219. The fourth-order valence-electron chi connectivity index (χ4n) is 1.54. The van der Waals surface area contributed by atoms with Gasteiger partial charge in [0, 0.05) is 25.4 Å². The molecule has 0 aliphatic rings. The zero-order valence-corrected chi connectivity index (χ0v) is 11.6. The number of pyridine rings is 1. The molecule has 0 atom stereocenters. The Balaban J connectivity index is 3.11. The van der Waals surface area contributed by atoms with Crippen LogP contribution in [0.25, 0.3) is 0 Å². The van der Waals surface area contributed by atoms with E-state index in [0.29, 0.717) is 0 Å². The van der Waals surface area contributed by atoms with E-state index in [1.807, 2.05) is 0 Å². The number of aliphatic hydroxyl groups is 1. The molecule has 0 amide bonds. The van der Waals surface area contributed by atoms with Crippen molar-refractivity contribution < 1.29 is 13.5 Å². The van der Waals surface area contributed by atoms with Gasteiger partial charge >= 0.3 is 0 Å². The van der Waals surface area contributed by atoms with Crippen LogP contribution in [-0.4, -0.2) is 41.5 Å². The van der Waals surface area contributed by atoms with Gasteiger partial charge in [-0.15, -0.1) is 0 Å². The second-order valence-corrected chi connectivity index (χ2v) is 6.60. The van der Waals surface area contributed by atoms with E-state index in [2.05, 4.69) is 4.98 Å². The summed E-state index contributed by atoms with van der Waals surface area (Å²) in [6.45, 7) is 5.13. The Kier molecular flexibility index (Phi) is 4.31. The highest BCUT2D eigenvalue weighted by molar-refractivity contribution is 7.89. The lowest BCUT2D eigenvalue weighted by atomic mass is 10.1. The van der Waals surface area contributed by atoms with Crippen molar-refractivity contribution in [2.75, 3.05) is 18.8 Å². The van der Waals surface area contributed by atoms with Crippen molar-refractivity contribution in [1.82, 2.24) is 9.29 Å². The molecule has 1 heterocycles. The SMILES string of the molecule is CCN(CC(C)(C)O)S(=O)(=O)c1ccnc(N)c1. The third-order valence-electron chi connectivity index (χ3n) is 2.31. The highest BCUT2D eigenvalue weighted by Gasteiger charge is 2.28. The van der Waals surface area contributed by atoms with Gasteiger partial charge in [0.2, 0.25) is 10.0 Å². The summed E-state index contributed by atoms with van der Waals surface area (Å²) < 4.78 is 25.9. The topological polar surface area (TPSA) is 96.5 Å². The predicted octanol–water partition coefficient (Wildman–Crippen LogP) is 0.445. The van der Waals surface area contributed by atoms with Gasteiger partial charge in [-0.3, -0.25) is 0 Å². The Morgan fingerprint density at radius 3 is 2.56 bits per heavy atom. The highest BCUT2D eigenvalue weighted by atomic mass is 32.2. The third kappa shape index (κ3) is 3.66. The maximum absolute atomic E-state index is 12.3. The van der Waals surface area contributed by atoms with Crippen LogP contribution in [0.1, 0.15) is 20.8 Å². The quantitative estimate of drug-likeness (QED) is 0.811. The van der Waals surface area contributed by atoms with Gasteiger partial charge in [-0.25, -0.2) is 13.4 Å². The zero-order valence-electron chi connectivity index (χ0n) is 10.8. The summed E-state index contributed by atoms with van der Waals surface area (Å²) in [5.41, 5.74) is 4.39. The number of hydrogen-bond donors (Lipinski definition) is 2. The minimum Gasteiger partial charge on any atom is -0.389 e. The van der Waals surface area contributed by atoms with Gasteiger partial charge in [-0.05, 0) is 19.9 Å². The molecule has 0 aliphatic heterocycles. The van der Waals surface area contributed by atoms with Crippen LogP contribution in [0.4, 0.5) is 5.82 Å². The predicted molar refractivity (Wildman–Crippen MR) is 69.4 cm³/mol. The van der Waals surface area contributed by atoms with Crippen LogP contribution in [0, 0.1) is 0 Å². The fraction of sp³-hybridized carbons (Fsp3) is 0.545. The Bertz CT molecular complexity index is 509. The third-order valence-corrected chi connectivity index (χ3v) is 4.22. The first-order valence-electron chi connectivity index (χ1n) is 5.61. The normalized spacial score (nSPS) is 12.9. The molecule has 3 N–H and O–H groups in total. The minimum atomic E-state index is -3.65. The number of hydrogen-bond acceptors (Lipinski definition) is 5. The lowest BCUT2D eigenvalue weighted by Gasteiger charge is -2.27. The van der Waals surface area contributed by atoms with Crippen molar-refractivity contribution in [2.45, 2.75) is 31.3 Å². The first-order chi connectivity index (χ1) is 8.16. The average molecular weight is 273 g/mol. The second-order valence-electron chi connectivity index (χ2n) is 4.66. The van der Waals surface area contributed by atoms with Crippen molar-refractivity contribution in [2.24, 2.45) is 0 Å². The largest absolute Gasteiger partial charge is 0.389 e. The molecule has 0 saturated heterocycles. The van der Waals surface area contributed by atoms with E-state index >= 15 is 0 Å². The van der Waals surface area contributed by atoms with Crippen molar-refractivity contribution in [3.05, 3.63) is 18.3 Å². The number of nitrogens with zero attached hydrogens (tertiary/aromatic N) is 2. The van der Waals surface area contributed by atoms with Gasteiger partial charge in [0.05, 0.1) is 10.5 Å². The van der Waals surface area contributed by atoms with Crippen molar-refractivity contribution in [3.8, 4) is 0 Å². The van der Waals surface area contributed by atoms with E-state index in [0.717, 1.165) is 0 Å². The summed E-state index contributed by atoms with van der Waals surface area (Å²) in [5, 5.41) is 9.74. The maximum atomic E-state index is 12.3. The number of nitrogens with two attached hydrogens (primary N) is 1. The van der Waals surface area contributed by atoms with Crippen LogP contribution in [0.15, 0.2) is 23.2 Å². The van der Waals surface area contributed by atoms with Gasteiger partial charge in [0.15, 0.2) is 0 Å². The summed E-state index contributed by atoms with van der Waals surface area (Å²) in [5.74, 6) is 0.149. The Morgan fingerprint density at radius 2 is 2.11 bits per heavy atom. The van der Waals surface area contributed by atoms with Crippen LogP contribution in [0.2, 0.25) is 0 Å². The molecule has 0 bridgehead atoms. The molecular formula is C11H19N3O3S. The number of anilines is 1. The summed E-state index contributed by atoms with van der Waals surface area (Å²) in [4.78, 5) is 3.84. The average Bonchev–Trinajstić information content (AvgIpc) is 2.24. The number of likely N-dealkylation sites (N-methyl/N-ethyl adjacent to an activating group) is 1. The highest BCUT2D eigenvalue weighted by Crippen LogP contribution is 2.18. The van der Waals surface area contributed by atoms with E-state index < -0.39 is 15.6 Å². The number of rotatable bonds is 5. The molecule has 7 heteroatoms. The first-order valence-corrected chi connectivity index (χ1v) is 7.05. The smallest absolute Gasteiger partial charge is 0.243 e. The Labute approximate surface area is 107 Å². The lowest BCUT2D eigenvalue weighted by molar-refractivity contribution is 0.0601. The van der Waals surface area contributed by atoms with Gasteiger partial charge in [0.25, 0.3) is 0 Å². The van der Waals surface area contributed by atoms with Crippen LogP contribution < -0.4 is 5.73 Å². The van der Waals surface area contributed by atoms with Crippen LogP contribution >= 0.6 is 0 Å². The molecule has 1 aromatic heterocycles. The summed E-state index contributed by atoms with van der Waals surface area (Å²) >= 11 is 0.